The maximum Gasteiger partial charge on any atom is 0.267 e. The summed E-state index contributed by atoms with van der Waals surface area (Å²) in [5.74, 6) is 0. The van der Waals surface area contributed by atoms with Crippen LogP contribution < -0.4 is 5.56 Å². The van der Waals surface area contributed by atoms with Crippen molar-refractivity contribution in [3.8, 4) is 11.3 Å². The van der Waals surface area contributed by atoms with E-state index in [2.05, 4.69) is 10.2 Å². The second kappa shape index (κ2) is 8.77. The van der Waals surface area contributed by atoms with Gasteiger partial charge in [0.05, 0.1) is 10.6 Å². The van der Waals surface area contributed by atoms with Crippen LogP contribution in [0.25, 0.3) is 11.3 Å². The fourth-order valence-electron chi connectivity index (χ4n) is 4.23. The van der Waals surface area contributed by atoms with Crippen LogP contribution in [0.4, 0.5) is 0 Å². The Hall–Kier alpha value is -2.77. The van der Waals surface area contributed by atoms with Gasteiger partial charge in [-0.3, -0.25) is 4.79 Å². The van der Waals surface area contributed by atoms with Gasteiger partial charge < -0.3 is 0 Å². The molecule has 0 saturated carbocycles. The molecule has 1 N–H and O–H groups in total. The van der Waals surface area contributed by atoms with Crippen LogP contribution in [0.3, 0.4) is 0 Å². The van der Waals surface area contributed by atoms with Gasteiger partial charge >= 0.3 is 0 Å². The molecule has 0 unspecified atom stereocenters. The van der Waals surface area contributed by atoms with Crippen molar-refractivity contribution in [2.75, 3.05) is 7.05 Å². The van der Waals surface area contributed by atoms with E-state index in [4.69, 9.17) is 0 Å². The van der Waals surface area contributed by atoms with Crippen molar-refractivity contribution < 1.29 is 8.42 Å². The number of H-pyrrole nitrogens is 1. The molecule has 3 aromatic rings. The van der Waals surface area contributed by atoms with E-state index in [9.17, 15) is 13.2 Å². The summed E-state index contributed by atoms with van der Waals surface area (Å²) in [4.78, 5) is 12.5. The van der Waals surface area contributed by atoms with Crippen LogP contribution in [0, 0.1) is 0 Å². The van der Waals surface area contributed by atoms with Gasteiger partial charge in [-0.05, 0) is 54.9 Å². The van der Waals surface area contributed by atoms with Gasteiger partial charge in [-0.15, -0.1) is 0 Å². The monoisotopic (exact) mass is 437 g/mol. The third kappa shape index (κ3) is 4.20. The van der Waals surface area contributed by atoms with Crippen molar-refractivity contribution >= 4 is 10.0 Å². The van der Waals surface area contributed by atoms with E-state index in [-0.39, 0.29) is 5.56 Å². The average Bonchev–Trinajstić information content (AvgIpc) is 2.80. The van der Waals surface area contributed by atoms with Crippen LogP contribution in [0.2, 0.25) is 0 Å². The zero-order valence-electron chi connectivity index (χ0n) is 17.9. The number of hydrogen-bond acceptors (Lipinski definition) is 4. The molecule has 0 saturated heterocycles. The second-order valence-corrected chi connectivity index (χ2v) is 10.0. The highest BCUT2D eigenvalue weighted by atomic mass is 32.2. The maximum atomic E-state index is 13.5. The molecule has 0 spiro atoms. The quantitative estimate of drug-likeness (QED) is 0.637. The molecule has 0 bridgehead atoms. The molecule has 0 amide bonds. The van der Waals surface area contributed by atoms with Gasteiger partial charge in [0.2, 0.25) is 10.0 Å². The van der Waals surface area contributed by atoms with Gasteiger partial charge in [0.25, 0.3) is 5.56 Å². The lowest BCUT2D eigenvalue weighted by molar-refractivity contribution is 0.466. The molecule has 0 aliphatic heterocycles. The summed E-state index contributed by atoms with van der Waals surface area (Å²) in [6.07, 6.45) is 4.11. The van der Waals surface area contributed by atoms with Crippen LogP contribution in [-0.4, -0.2) is 30.0 Å². The number of hydrogen-bond donors (Lipinski definition) is 1. The van der Waals surface area contributed by atoms with Gasteiger partial charge in [0.1, 0.15) is 0 Å². The van der Waals surface area contributed by atoms with Crippen molar-refractivity contribution in [3.05, 3.63) is 81.1 Å². The Bertz CT molecular complexity index is 1250. The Labute approximate surface area is 183 Å². The molecule has 1 aliphatic carbocycles. The summed E-state index contributed by atoms with van der Waals surface area (Å²) >= 11 is 0. The van der Waals surface area contributed by atoms with Gasteiger partial charge in [0, 0.05) is 24.7 Å². The van der Waals surface area contributed by atoms with E-state index in [0.29, 0.717) is 23.6 Å². The Morgan fingerprint density at radius 2 is 1.74 bits per heavy atom. The van der Waals surface area contributed by atoms with Crippen LogP contribution >= 0.6 is 0 Å². The molecular weight excluding hydrogens is 410 g/mol. The molecule has 0 radical (unpaired) electrons. The number of nitrogens with one attached hydrogen (secondary N) is 1. The Kier molecular flexibility index (Phi) is 6.07. The minimum Gasteiger partial charge on any atom is -0.268 e. The SMILES string of the molecule is CCc1ccc(-c2n[nH]c(=O)c3c2CCCC3)cc1S(=O)(=O)N(C)Cc1ccccc1. The predicted molar refractivity (Wildman–Crippen MR) is 121 cm³/mol. The maximum absolute atomic E-state index is 13.5. The minimum absolute atomic E-state index is 0.140. The van der Waals surface area contributed by atoms with E-state index < -0.39 is 10.0 Å². The van der Waals surface area contributed by atoms with Crippen LogP contribution in [0.5, 0.6) is 0 Å². The first-order valence-electron chi connectivity index (χ1n) is 10.7. The van der Waals surface area contributed by atoms with Gasteiger partial charge in [-0.1, -0.05) is 49.4 Å². The van der Waals surface area contributed by atoms with Gasteiger partial charge in [-0.25, -0.2) is 13.5 Å². The highest BCUT2D eigenvalue weighted by Gasteiger charge is 2.26. The largest absolute Gasteiger partial charge is 0.268 e. The van der Waals surface area contributed by atoms with Crippen molar-refractivity contribution in [3.63, 3.8) is 0 Å². The fraction of sp³-hybridized carbons (Fsp3) is 0.333. The molecule has 0 atom stereocenters. The summed E-state index contributed by atoms with van der Waals surface area (Å²) in [6, 6.07) is 15.0. The molecule has 162 valence electrons. The molecule has 31 heavy (non-hydrogen) atoms. The molecule has 4 rings (SSSR count). The predicted octanol–water partition coefficient (Wildman–Crippen LogP) is 3.70. The number of nitrogens with zero attached hydrogens (tertiary/aromatic N) is 2. The van der Waals surface area contributed by atoms with Gasteiger partial charge in [0.15, 0.2) is 0 Å². The number of benzene rings is 2. The lowest BCUT2D eigenvalue weighted by Gasteiger charge is -2.21. The van der Waals surface area contributed by atoms with E-state index in [1.54, 1.807) is 13.1 Å². The number of sulfonamides is 1. The summed E-state index contributed by atoms with van der Waals surface area (Å²) in [5, 5.41) is 6.91. The standard InChI is InChI=1S/C24H27N3O3S/c1-3-18-13-14-19(23-20-11-7-8-12-21(20)24(28)26-25-23)15-22(18)31(29,30)27(2)16-17-9-5-4-6-10-17/h4-6,9-10,13-15H,3,7-8,11-12,16H2,1-2H3,(H,26,28). The summed E-state index contributed by atoms with van der Waals surface area (Å²) in [7, 11) is -2.10. The zero-order valence-corrected chi connectivity index (χ0v) is 18.7. The fourth-order valence-corrected chi connectivity index (χ4v) is 5.70. The molecule has 1 aromatic heterocycles. The lowest BCUT2D eigenvalue weighted by atomic mass is 9.89. The number of aromatic amines is 1. The third-order valence-corrected chi connectivity index (χ3v) is 7.84. The Morgan fingerprint density at radius 1 is 1.03 bits per heavy atom. The van der Waals surface area contributed by atoms with Crippen molar-refractivity contribution in [1.82, 2.24) is 14.5 Å². The highest BCUT2D eigenvalue weighted by molar-refractivity contribution is 7.89. The smallest absolute Gasteiger partial charge is 0.267 e. The number of aryl methyl sites for hydroxylation is 1. The molecule has 0 fully saturated rings. The Morgan fingerprint density at radius 3 is 2.45 bits per heavy atom. The van der Waals surface area contributed by atoms with E-state index in [1.807, 2.05) is 49.4 Å². The highest BCUT2D eigenvalue weighted by Crippen LogP contribution is 2.31. The van der Waals surface area contributed by atoms with Crippen LogP contribution in [-0.2, 0) is 35.8 Å². The number of rotatable bonds is 6. The first kappa shape index (κ1) is 21.5. The van der Waals surface area contributed by atoms with E-state index >= 15 is 0 Å². The normalized spacial score (nSPS) is 13.9. The Balaban J connectivity index is 1.78. The van der Waals surface area contributed by atoms with E-state index in [0.717, 1.165) is 53.5 Å². The summed E-state index contributed by atoms with van der Waals surface area (Å²) in [6.45, 7) is 2.24. The topological polar surface area (TPSA) is 83.1 Å². The number of fused-ring (bicyclic) bond motifs is 1. The molecule has 7 heteroatoms. The van der Waals surface area contributed by atoms with Crippen molar-refractivity contribution in [2.24, 2.45) is 0 Å². The van der Waals surface area contributed by atoms with Crippen molar-refractivity contribution in [2.45, 2.75) is 50.5 Å². The van der Waals surface area contributed by atoms with E-state index in [1.165, 1.54) is 4.31 Å². The molecular formula is C24H27N3O3S. The average molecular weight is 438 g/mol. The summed E-state index contributed by atoms with van der Waals surface area (Å²) in [5.41, 5.74) is 4.68. The van der Waals surface area contributed by atoms with Crippen LogP contribution in [0.1, 0.15) is 42.0 Å². The first-order valence-corrected chi connectivity index (χ1v) is 12.1. The second-order valence-electron chi connectivity index (χ2n) is 7.99. The summed E-state index contributed by atoms with van der Waals surface area (Å²) < 4.78 is 28.4. The first-order chi connectivity index (χ1) is 14.9. The molecule has 1 heterocycles. The molecule has 6 nitrogen and oxygen atoms in total. The molecule has 2 aromatic carbocycles. The van der Waals surface area contributed by atoms with Crippen LogP contribution in [0.15, 0.2) is 58.2 Å². The zero-order chi connectivity index (χ0) is 22.0. The number of aromatic nitrogens is 2. The van der Waals surface area contributed by atoms with Gasteiger partial charge in [-0.2, -0.15) is 9.40 Å². The van der Waals surface area contributed by atoms with Crippen molar-refractivity contribution in [1.29, 1.82) is 0 Å². The third-order valence-electron chi connectivity index (χ3n) is 5.95. The molecule has 1 aliphatic rings. The lowest BCUT2D eigenvalue weighted by Crippen LogP contribution is -2.27. The minimum atomic E-state index is -3.71.